The van der Waals surface area contributed by atoms with Crippen LogP contribution in [0.5, 0.6) is 0 Å². The van der Waals surface area contributed by atoms with Crippen LogP contribution >= 0.6 is 11.3 Å². The number of rotatable bonds is 5. The van der Waals surface area contributed by atoms with Gasteiger partial charge in [0.1, 0.15) is 5.01 Å². The molecule has 1 aromatic rings. The van der Waals surface area contributed by atoms with E-state index in [0.29, 0.717) is 11.6 Å². The molecule has 0 radical (unpaired) electrons. The molecule has 102 valence electrons. The third kappa shape index (κ3) is 4.22. The van der Waals surface area contributed by atoms with Gasteiger partial charge in [0.05, 0.1) is 18.5 Å². The SMILES string of the molecule is CC(NC(=O)N(C)CCC#N)c1nc(C(=O)O)cs1. The Morgan fingerprint density at radius 2 is 2.37 bits per heavy atom. The first-order valence-corrected chi connectivity index (χ1v) is 6.41. The van der Waals surface area contributed by atoms with Crippen molar-refractivity contribution in [2.24, 2.45) is 0 Å². The van der Waals surface area contributed by atoms with Crippen LogP contribution in [0.3, 0.4) is 0 Å². The highest BCUT2D eigenvalue weighted by Gasteiger charge is 2.17. The summed E-state index contributed by atoms with van der Waals surface area (Å²) in [6.07, 6.45) is 0.263. The minimum absolute atomic E-state index is 0.0288. The van der Waals surface area contributed by atoms with Crippen molar-refractivity contribution in [3.05, 3.63) is 16.1 Å². The Balaban J connectivity index is 2.58. The summed E-state index contributed by atoms with van der Waals surface area (Å²) >= 11 is 1.18. The molecule has 0 spiro atoms. The second-order valence-electron chi connectivity index (χ2n) is 3.88. The van der Waals surface area contributed by atoms with Crippen molar-refractivity contribution in [1.82, 2.24) is 15.2 Å². The number of nitriles is 1. The fourth-order valence-electron chi connectivity index (χ4n) is 1.26. The first kappa shape index (κ1) is 14.9. The van der Waals surface area contributed by atoms with Crippen LogP contribution < -0.4 is 5.32 Å². The molecule has 0 aliphatic rings. The number of hydrogen-bond donors (Lipinski definition) is 2. The number of carboxylic acid groups (broad SMARTS) is 1. The molecule has 0 aliphatic carbocycles. The highest BCUT2D eigenvalue weighted by Crippen LogP contribution is 2.18. The fraction of sp³-hybridized carbons (Fsp3) is 0.455. The molecule has 8 heteroatoms. The van der Waals surface area contributed by atoms with Crippen LogP contribution in [0, 0.1) is 11.3 Å². The molecule has 2 N–H and O–H groups in total. The topological polar surface area (TPSA) is 106 Å². The minimum atomic E-state index is -1.09. The molecule has 7 nitrogen and oxygen atoms in total. The molecule has 1 aromatic heterocycles. The van der Waals surface area contributed by atoms with Gasteiger partial charge in [-0.1, -0.05) is 0 Å². The maximum absolute atomic E-state index is 11.7. The maximum Gasteiger partial charge on any atom is 0.355 e. The summed E-state index contributed by atoms with van der Waals surface area (Å²) in [5, 5.41) is 21.9. The lowest BCUT2D eigenvalue weighted by atomic mass is 10.3. The first-order chi connectivity index (χ1) is 8.95. The van der Waals surface area contributed by atoms with E-state index >= 15 is 0 Å². The van der Waals surface area contributed by atoms with Gasteiger partial charge in [-0.3, -0.25) is 0 Å². The standard InChI is InChI=1S/C11H14N4O3S/c1-7(9-14-8(6-19-9)10(16)17)13-11(18)15(2)5-3-4-12/h6-7H,3,5H2,1-2H3,(H,13,18)(H,16,17). The zero-order chi connectivity index (χ0) is 14.4. The molecular formula is C11H14N4O3S. The lowest BCUT2D eigenvalue weighted by molar-refractivity contribution is 0.0691. The van der Waals surface area contributed by atoms with Gasteiger partial charge in [-0.2, -0.15) is 5.26 Å². The summed E-state index contributed by atoms with van der Waals surface area (Å²) in [6.45, 7) is 2.06. The van der Waals surface area contributed by atoms with E-state index in [1.807, 2.05) is 6.07 Å². The summed E-state index contributed by atoms with van der Waals surface area (Å²) in [5.41, 5.74) is -0.0288. The molecule has 0 fully saturated rings. The van der Waals surface area contributed by atoms with E-state index in [1.54, 1.807) is 14.0 Å². The van der Waals surface area contributed by atoms with Crippen LogP contribution in [-0.2, 0) is 0 Å². The van der Waals surface area contributed by atoms with Gasteiger partial charge in [-0.25, -0.2) is 14.6 Å². The molecule has 0 saturated carbocycles. The number of carboxylic acids is 1. The third-order valence-corrected chi connectivity index (χ3v) is 3.38. The quantitative estimate of drug-likeness (QED) is 0.850. The van der Waals surface area contributed by atoms with Crippen molar-refractivity contribution < 1.29 is 14.7 Å². The van der Waals surface area contributed by atoms with Gasteiger partial charge in [0.15, 0.2) is 5.69 Å². The number of carbonyl (C=O) groups is 2. The Morgan fingerprint density at radius 3 is 2.89 bits per heavy atom. The number of aromatic nitrogens is 1. The molecule has 0 saturated heterocycles. The first-order valence-electron chi connectivity index (χ1n) is 5.53. The van der Waals surface area contributed by atoms with E-state index in [-0.39, 0.29) is 24.2 Å². The number of carbonyl (C=O) groups excluding carboxylic acids is 1. The van der Waals surface area contributed by atoms with E-state index in [4.69, 9.17) is 10.4 Å². The van der Waals surface area contributed by atoms with Crippen LogP contribution in [-0.4, -0.2) is 40.6 Å². The van der Waals surface area contributed by atoms with Crippen LogP contribution in [0.2, 0.25) is 0 Å². The Labute approximate surface area is 114 Å². The molecule has 2 amide bonds. The summed E-state index contributed by atoms with van der Waals surface area (Å²) in [7, 11) is 1.59. The lowest BCUT2D eigenvalue weighted by Gasteiger charge is -2.19. The van der Waals surface area contributed by atoms with Crippen molar-refractivity contribution in [2.45, 2.75) is 19.4 Å². The third-order valence-electron chi connectivity index (χ3n) is 2.36. The van der Waals surface area contributed by atoms with Gasteiger partial charge in [-0.15, -0.1) is 11.3 Å². The van der Waals surface area contributed by atoms with Crippen LogP contribution in [0.1, 0.15) is 34.9 Å². The number of amides is 2. The predicted molar refractivity (Wildman–Crippen MR) is 68.9 cm³/mol. The van der Waals surface area contributed by atoms with E-state index in [9.17, 15) is 9.59 Å². The van der Waals surface area contributed by atoms with E-state index < -0.39 is 5.97 Å². The number of aromatic carboxylic acids is 1. The van der Waals surface area contributed by atoms with Crippen LogP contribution in [0.25, 0.3) is 0 Å². The number of thiazole rings is 1. The van der Waals surface area contributed by atoms with Crippen molar-refractivity contribution in [3.8, 4) is 6.07 Å². The Hall–Kier alpha value is -2.14. The van der Waals surface area contributed by atoms with Crippen molar-refractivity contribution in [1.29, 1.82) is 5.26 Å². The summed E-state index contributed by atoms with van der Waals surface area (Å²) in [6, 6.07) is 1.25. The van der Waals surface area contributed by atoms with E-state index in [1.165, 1.54) is 21.6 Å². The predicted octanol–water partition coefficient (Wildman–Crippen LogP) is 1.46. The average Bonchev–Trinajstić information content (AvgIpc) is 2.85. The molecule has 1 heterocycles. The summed E-state index contributed by atoms with van der Waals surface area (Å²) < 4.78 is 0. The maximum atomic E-state index is 11.7. The van der Waals surface area contributed by atoms with Gasteiger partial charge in [0, 0.05) is 19.0 Å². The van der Waals surface area contributed by atoms with Crippen LogP contribution in [0.15, 0.2) is 5.38 Å². The molecule has 0 aromatic carbocycles. The van der Waals surface area contributed by atoms with E-state index in [0.717, 1.165) is 0 Å². The Bertz CT molecular complexity index is 508. The number of hydrogen-bond acceptors (Lipinski definition) is 5. The monoisotopic (exact) mass is 282 g/mol. The van der Waals surface area contributed by atoms with Gasteiger partial charge < -0.3 is 15.3 Å². The number of nitrogens with one attached hydrogen (secondary N) is 1. The zero-order valence-corrected chi connectivity index (χ0v) is 11.4. The fourth-order valence-corrected chi connectivity index (χ4v) is 2.06. The Kier molecular flexibility index (Phi) is 5.26. The van der Waals surface area contributed by atoms with E-state index in [2.05, 4.69) is 10.3 Å². The smallest absolute Gasteiger partial charge is 0.355 e. The molecule has 1 unspecified atom stereocenters. The van der Waals surface area contributed by atoms with Gasteiger partial charge in [0.2, 0.25) is 0 Å². The van der Waals surface area contributed by atoms with Gasteiger partial charge >= 0.3 is 12.0 Å². The summed E-state index contributed by atoms with van der Waals surface area (Å²) in [4.78, 5) is 27.8. The molecule has 0 bridgehead atoms. The largest absolute Gasteiger partial charge is 0.476 e. The van der Waals surface area contributed by atoms with Crippen molar-refractivity contribution in [3.63, 3.8) is 0 Å². The number of nitrogens with zero attached hydrogens (tertiary/aromatic N) is 3. The van der Waals surface area contributed by atoms with Crippen molar-refractivity contribution >= 4 is 23.3 Å². The lowest BCUT2D eigenvalue weighted by Crippen LogP contribution is -2.39. The summed E-state index contributed by atoms with van der Waals surface area (Å²) in [5.74, 6) is -1.09. The van der Waals surface area contributed by atoms with Crippen LogP contribution in [0.4, 0.5) is 4.79 Å². The second kappa shape index (κ2) is 6.70. The highest BCUT2D eigenvalue weighted by molar-refractivity contribution is 7.09. The molecular weight excluding hydrogens is 268 g/mol. The highest BCUT2D eigenvalue weighted by atomic mass is 32.1. The molecule has 19 heavy (non-hydrogen) atoms. The second-order valence-corrected chi connectivity index (χ2v) is 4.77. The molecule has 1 atom stereocenters. The van der Waals surface area contributed by atoms with Crippen molar-refractivity contribution in [2.75, 3.05) is 13.6 Å². The minimum Gasteiger partial charge on any atom is -0.476 e. The zero-order valence-electron chi connectivity index (χ0n) is 10.6. The normalized spacial score (nSPS) is 11.4. The van der Waals surface area contributed by atoms with Gasteiger partial charge in [0.25, 0.3) is 0 Å². The molecule has 0 aliphatic heterocycles. The Morgan fingerprint density at radius 1 is 1.68 bits per heavy atom. The average molecular weight is 282 g/mol. The number of urea groups is 1. The molecule has 1 rings (SSSR count). The van der Waals surface area contributed by atoms with Gasteiger partial charge in [-0.05, 0) is 6.92 Å².